The number of rotatable bonds is 4. The Kier molecular flexibility index (Phi) is 5.94. The summed E-state index contributed by atoms with van der Waals surface area (Å²) in [6, 6.07) is 12.1. The predicted octanol–water partition coefficient (Wildman–Crippen LogP) is 6.89. The van der Waals surface area contributed by atoms with Crippen molar-refractivity contribution < 1.29 is 14.3 Å². The van der Waals surface area contributed by atoms with Gasteiger partial charge >= 0.3 is 0 Å². The summed E-state index contributed by atoms with van der Waals surface area (Å²) in [5, 5.41) is 3.58. The number of fused-ring (bicyclic) bond motifs is 2. The van der Waals surface area contributed by atoms with Crippen LogP contribution in [0.1, 0.15) is 80.4 Å². The number of nitrogens with zero attached hydrogens (tertiary/aromatic N) is 2. The van der Waals surface area contributed by atoms with Crippen LogP contribution in [0.2, 0.25) is 5.02 Å². The third-order valence-corrected chi connectivity index (χ3v) is 9.04. The van der Waals surface area contributed by atoms with Crippen LogP contribution in [0.4, 0.5) is 11.4 Å². The Balaban J connectivity index is 1.41. The van der Waals surface area contributed by atoms with Crippen LogP contribution in [0.25, 0.3) is 0 Å². The second-order valence-electron chi connectivity index (χ2n) is 10.5. The third-order valence-electron chi connectivity index (χ3n) is 8.69. The molecule has 2 heterocycles. The second-order valence-corrected chi connectivity index (χ2v) is 10.9. The van der Waals surface area contributed by atoms with Crippen LogP contribution in [-0.2, 0) is 26.2 Å². The van der Waals surface area contributed by atoms with Gasteiger partial charge in [-0.1, -0.05) is 54.2 Å². The standard InChI is InChI=1S/C28H31ClN2O4/c29-23-5-4-6-24(21(23)18-30-33)31-25-17-20(19-9-13-28(14-10-19)34-15-16-35-28)7-8-22(25)27(26(31)32)11-2-1-3-12-27/h4-8,17,19H,1-3,9-16,18H2. The van der Waals surface area contributed by atoms with E-state index in [1.807, 2.05) is 17.0 Å². The number of carbonyl (C=O) groups excluding carboxylic acids is 1. The van der Waals surface area contributed by atoms with E-state index >= 15 is 0 Å². The molecular weight excluding hydrogens is 464 g/mol. The summed E-state index contributed by atoms with van der Waals surface area (Å²) in [7, 11) is 0. The second kappa shape index (κ2) is 8.99. The molecule has 2 spiro atoms. The molecule has 2 saturated carbocycles. The lowest BCUT2D eigenvalue weighted by Gasteiger charge is -2.35. The minimum Gasteiger partial charge on any atom is -0.348 e. The van der Waals surface area contributed by atoms with Gasteiger partial charge in [-0.05, 0) is 60.9 Å². The monoisotopic (exact) mass is 494 g/mol. The van der Waals surface area contributed by atoms with Crippen molar-refractivity contribution >= 4 is 28.9 Å². The van der Waals surface area contributed by atoms with Crippen molar-refractivity contribution in [3.05, 3.63) is 63.0 Å². The Bertz CT molecular complexity index is 1140. The number of hydrogen-bond acceptors (Lipinski definition) is 5. The zero-order chi connectivity index (χ0) is 24.0. The fourth-order valence-corrected chi connectivity index (χ4v) is 7.09. The third kappa shape index (κ3) is 3.73. The molecule has 1 amide bonds. The van der Waals surface area contributed by atoms with E-state index in [9.17, 15) is 9.70 Å². The van der Waals surface area contributed by atoms with E-state index in [4.69, 9.17) is 21.1 Å². The van der Waals surface area contributed by atoms with Gasteiger partial charge in [0.15, 0.2) is 5.79 Å². The lowest BCUT2D eigenvalue weighted by molar-refractivity contribution is -0.178. The lowest BCUT2D eigenvalue weighted by Crippen LogP contribution is -2.40. The van der Waals surface area contributed by atoms with E-state index in [-0.39, 0.29) is 18.2 Å². The molecule has 2 aromatic carbocycles. The van der Waals surface area contributed by atoms with Gasteiger partial charge in [-0.25, -0.2) is 0 Å². The molecule has 0 unspecified atom stereocenters. The Morgan fingerprint density at radius 1 is 0.971 bits per heavy atom. The first-order valence-electron chi connectivity index (χ1n) is 12.9. The highest BCUT2D eigenvalue weighted by Gasteiger charge is 2.52. The van der Waals surface area contributed by atoms with Crippen molar-refractivity contribution in [3.8, 4) is 0 Å². The molecular formula is C28H31ClN2O4. The van der Waals surface area contributed by atoms with Crippen molar-refractivity contribution in [1.29, 1.82) is 0 Å². The summed E-state index contributed by atoms with van der Waals surface area (Å²) in [5.74, 6) is 0.113. The van der Waals surface area contributed by atoms with Gasteiger partial charge in [0.25, 0.3) is 0 Å². The van der Waals surface area contributed by atoms with E-state index in [2.05, 4.69) is 23.4 Å². The highest BCUT2D eigenvalue weighted by atomic mass is 35.5. The van der Waals surface area contributed by atoms with Crippen LogP contribution in [0, 0.1) is 4.91 Å². The summed E-state index contributed by atoms with van der Waals surface area (Å²) in [6.07, 6.45) is 8.75. The van der Waals surface area contributed by atoms with Crippen LogP contribution >= 0.6 is 11.6 Å². The van der Waals surface area contributed by atoms with Crippen LogP contribution in [-0.4, -0.2) is 24.9 Å². The first-order chi connectivity index (χ1) is 17.1. The van der Waals surface area contributed by atoms with Crippen molar-refractivity contribution in [2.75, 3.05) is 18.1 Å². The maximum Gasteiger partial charge on any atom is 0.242 e. The van der Waals surface area contributed by atoms with E-state index in [0.717, 1.165) is 69.0 Å². The first-order valence-corrected chi connectivity index (χ1v) is 13.3. The van der Waals surface area contributed by atoms with Gasteiger partial charge in [-0.3, -0.25) is 9.69 Å². The zero-order valence-corrected chi connectivity index (χ0v) is 20.7. The van der Waals surface area contributed by atoms with Crippen molar-refractivity contribution in [2.24, 2.45) is 5.18 Å². The van der Waals surface area contributed by atoms with Gasteiger partial charge in [0.2, 0.25) is 5.91 Å². The largest absolute Gasteiger partial charge is 0.348 e. The Morgan fingerprint density at radius 2 is 1.71 bits per heavy atom. The minimum absolute atomic E-state index is 0.0640. The number of amides is 1. The maximum atomic E-state index is 14.2. The molecule has 0 radical (unpaired) electrons. The van der Waals surface area contributed by atoms with E-state index in [1.54, 1.807) is 6.07 Å². The van der Waals surface area contributed by atoms with Gasteiger partial charge < -0.3 is 9.47 Å². The molecule has 0 atom stereocenters. The van der Waals surface area contributed by atoms with E-state index < -0.39 is 5.41 Å². The predicted molar refractivity (Wildman–Crippen MR) is 135 cm³/mol. The average Bonchev–Trinajstić information content (AvgIpc) is 3.42. The summed E-state index contributed by atoms with van der Waals surface area (Å²) < 4.78 is 11.9. The smallest absolute Gasteiger partial charge is 0.242 e. The molecule has 6 nitrogen and oxygen atoms in total. The number of carbonyl (C=O) groups is 1. The molecule has 1 saturated heterocycles. The Labute approximate surface area is 210 Å². The van der Waals surface area contributed by atoms with Crippen molar-refractivity contribution in [2.45, 2.75) is 81.5 Å². The highest BCUT2D eigenvalue weighted by molar-refractivity contribution is 6.32. The number of benzene rings is 2. The average molecular weight is 495 g/mol. The molecule has 184 valence electrons. The summed E-state index contributed by atoms with van der Waals surface area (Å²) >= 11 is 6.49. The van der Waals surface area contributed by atoms with Crippen LogP contribution in [0.15, 0.2) is 41.6 Å². The SMILES string of the molecule is O=NCc1c(Cl)cccc1N1C(=O)C2(CCCCC2)c2ccc(C3CCC4(CC3)OCCO4)cc21. The van der Waals surface area contributed by atoms with Crippen molar-refractivity contribution in [1.82, 2.24) is 0 Å². The molecule has 6 rings (SSSR count). The van der Waals surface area contributed by atoms with Gasteiger partial charge in [-0.15, -0.1) is 0 Å². The molecule has 2 aliphatic heterocycles. The van der Waals surface area contributed by atoms with Crippen LogP contribution in [0.5, 0.6) is 0 Å². The van der Waals surface area contributed by atoms with Crippen LogP contribution in [0.3, 0.4) is 0 Å². The maximum absolute atomic E-state index is 14.2. The molecule has 3 fully saturated rings. The molecule has 4 aliphatic rings. The Morgan fingerprint density at radius 3 is 2.43 bits per heavy atom. The number of anilines is 2. The summed E-state index contributed by atoms with van der Waals surface area (Å²) in [4.78, 5) is 27.3. The molecule has 2 aliphatic carbocycles. The molecule has 2 aromatic rings. The number of nitroso groups, excluding NO2 is 1. The number of halogens is 1. The minimum atomic E-state index is -0.498. The quantitative estimate of drug-likeness (QED) is 0.434. The summed E-state index contributed by atoms with van der Waals surface area (Å²) in [6.45, 7) is 1.30. The number of ether oxygens (including phenoxy) is 2. The topological polar surface area (TPSA) is 68.2 Å². The lowest BCUT2D eigenvalue weighted by atomic mass is 9.70. The van der Waals surface area contributed by atoms with Crippen LogP contribution < -0.4 is 4.90 Å². The van der Waals surface area contributed by atoms with Gasteiger partial charge in [0.05, 0.1) is 30.0 Å². The van der Waals surface area contributed by atoms with E-state index in [0.29, 0.717) is 35.4 Å². The van der Waals surface area contributed by atoms with Crippen molar-refractivity contribution in [3.63, 3.8) is 0 Å². The molecule has 0 N–H and O–H groups in total. The highest BCUT2D eigenvalue weighted by Crippen LogP contribution is 2.54. The fourth-order valence-electron chi connectivity index (χ4n) is 6.86. The summed E-state index contributed by atoms with van der Waals surface area (Å²) in [5.41, 5.74) is 4.10. The fraction of sp³-hybridized carbons (Fsp3) is 0.536. The molecule has 0 aromatic heterocycles. The first kappa shape index (κ1) is 23.1. The van der Waals surface area contributed by atoms with Gasteiger partial charge in [0.1, 0.15) is 6.54 Å². The molecule has 35 heavy (non-hydrogen) atoms. The normalized spacial score (nSPS) is 23.2. The molecule has 0 bridgehead atoms. The van der Waals surface area contributed by atoms with E-state index in [1.165, 1.54) is 5.56 Å². The van der Waals surface area contributed by atoms with Gasteiger partial charge in [-0.2, -0.15) is 4.91 Å². The zero-order valence-electron chi connectivity index (χ0n) is 19.9. The molecule has 7 heteroatoms. The van der Waals surface area contributed by atoms with Gasteiger partial charge in [0, 0.05) is 23.4 Å². The Hall–Kier alpha value is -2.28. The number of hydrogen-bond donors (Lipinski definition) is 0.